The molecule has 0 aliphatic rings. The Morgan fingerprint density at radius 1 is 1.44 bits per heavy atom. The van der Waals surface area contributed by atoms with Crippen molar-refractivity contribution in [2.45, 2.75) is 24.8 Å². The molecule has 90 valence electrons. The average Bonchev–Trinajstić information content (AvgIpc) is 2.20. The van der Waals surface area contributed by atoms with Gasteiger partial charge >= 0.3 is 0 Å². The third kappa shape index (κ3) is 2.96. The Bertz CT molecular complexity index is 468. The third-order valence-electron chi connectivity index (χ3n) is 2.40. The minimum atomic E-state index is -3.33. The van der Waals surface area contributed by atoms with Gasteiger partial charge in [-0.2, -0.15) is 0 Å². The highest BCUT2D eigenvalue weighted by Crippen LogP contribution is 2.20. The van der Waals surface area contributed by atoms with E-state index in [4.69, 9.17) is 10.5 Å². The molecule has 0 aliphatic carbocycles. The number of ether oxygens (including phenoxy) is 1. The number of nitrogens with two attached hydrogens (primary N) is 1. The van der Waals surface area contributed by atoms with Crippen LogP contribution >= 0.6 is 0 Å². The van der Waals surface area contributed by atoms with Crippen molar-refractivity contribution < 1.29 is 13.2 Å². The van der Waals surface area contributed by atoms with Crippen LogP contribution in [-0.4, -0.2) is 27.4 Å². The third-order valence-corrected chi connectivity index (χ3v) is 4.42. The molecule has 0 fully saturated rings. The molecular weight excluding hydrogens is 226 g/mol. The fraction of sp³-hybridized carbons (Fsp3) is 0.455. The van der Waals surface area contributed by atoms with E-state index in [0.29, 0.717) is 11.3 Å². The Morgan fingerprint density at radius 3 is 2.62 bits per heavy atom. The molecule has 1 unspecified atom stereocenters. The van der Waals surface area contributed by atoms with Crippen LogP contribution < -0.4 is 5.73 Å². The predicted octanol–water partition coefficient (Wildman–Crippen LogP) is 1.39. The Hall–Kier alpha value is -1.07. The highest BCUT2D eigenvalue weighted by Gasteiger charge is 2.20. The minimum absolute atomic E-state index is 0.0339. The van der Waals surface area contributed by atoms with Crippen molar-refractivity contribution >= 4 is 15.5 Å². The van der Waals surface area contributed by atoms with E-state index in [0.717, 1.165) is 0 Å². The summed E-state index contributed by atoms with van der Waals surface area (Å²) in [6.45, 7) is 3.48. The van der Waals surface area contributed by atoms with Crippen LogP contribution in [0.2, 0.25) is 0 Å². The van der Waals surface area contributed by atoms with Crippen molar-refractivity contribution in [3.05, 3.63) is 23.8 Å². The second-order valence-corrected chi connectivity index (χ2v) is 5.86. The normalized spacial score (nSPS) is 13.7. The molecule has 0 saturated carbocycles. The quantitative estimate of drug-likeness (QED) is 0.811. The molecule has 1 aromatic carbocycles. The van der Waals surface area contributed by atoms with Gasteiger partial charge in [0.2, 0.25) is 0 Å². The van der Waals surface area contributed by atoms with Crippen LogP contribution in [0.4, 0.5) is 5.69 Å². The summed E-state index contributed by atoms with van der Waals surface area (Å²) in [4.78, 5) is 0.288. The number of benzene rings is 1. The van der Waals surface area contributed by atoms with Crippen molar-refractivity contribution in [1.82, 2.24) is 0 Å². The molecular formula is C11H17NO3S. The summed E-state index contributed by atoms with van der Waals surface area (Å²) in [5, 5.41) is 0. The smallest absolute Gasteiger partial charge is 0.181 e. The molecule has 16 heavy (non-hydrogen) atoms. The van der Waals surface area contributed by atoms with Gasteiger partial charge in [-0.3, -0.25) is 0 Å². The number of methoxy groups -OCH3 is 1. The maximum atomic E-state index is 12.0. The fourth-order valence-electron chi connectivity index (χ4n) is 1.42. The van der Waals surface area contributed by atoms with Gasteiger partial charge in [-0.1, -0.05) is 6.07 Å². The molecule has 1 rings (SSSR count). The van der Waals surface area contributed by atoms with Crippen LogP contribution in [-0.2, 0) is 14.6 Å². The summed E-state index contributed by atoms with van der Waals surface area (Å²) in [6.07, 6.45) is -0.328. The number of hydrogen-bond acceptors (Lipinski definition) is 4. The molecule has 5 heteroatoms. The fourth-order valence-corrected chi connectivity index (χ4v) is 3.23. The Labute approximate surface area is 96.3 Å². The lowest BCUT2D eigenvalue weighted by Crippen LogP contribution is -2.20. The van der Waals surface area contributed by atoms with E-state index in [1.807, 2.05) is 0 Å². The zero-order valence-electron chi connectivity index (χ0n) is 9.73. The first kappa shape index (κ1) is 13.0. The maximum Gasteiger partial charge on any atom is 0.181 e. The van der Waals surface area contributed by atoms with Crippen LogP contribution in [0, 0.1) is 6.92 Å². The van der Waals surface area contributed by atoms with Crippen molar-refractivity contribution in [3.8, 4) is 0 Å². The van der Waals surface area contributed by atoms with Gasteiger partial charge in [-0.05, 0) is 31.5 Å². The van der Waals surface area contributed by atoms with E-state index >= 15 is 0 Å². The first-order chi connectivity index (χ1) is 7.36. The largest absolute Gasteiger partial charge is 0.399 e. The van der Waals surface area contributed by atoms with Crippen LogP contribution in [0.15, 0.2) is 23.1 Å². The molecule has 0 saturated heterocycles. The summed E-state index contributed by atoms with van der Waals surface area (Å²) in [5.41, 5.74) is 6.75. The van der Waals surface area contributed by atoms with Crippen molar-refractivity contribution in [3.63, 3.8) is 0 Å². The van der Waals surface area contributed by atoms with E-state index < -0.39 is 9.84 Å². The summed E-state index contributed by atoms with van der Waals surface area (Å²) in [7, 11) is -1.84. The van der Waals surface area contributed by atoms with Gasteiger partial charge in [-0.15, -0.1) is 0 Å². The minimum Gasteiger partial charge on any atom is -0.399 e. The highest BCUT2D eigenvalue weighted by molar-refractivity contribution is 7.91. The van der Waals surface area contributed by atoms with Gasteiger partial charge < -0.3 is 10.5 Å². The van der Waals surface area contributed by atoms with E-state index in [-0.39, 0.29) is 16.8 Å². The SMILES string of the molecule is COC(C)CS(=O)(=O)c1cc(N)ccc1C. The zero-order chi connectivity index (χ0) is 12.3. The summed E-state index contributed by atoms with van der Waals surface area (Å²) >= 11 is 0. The number of anilines is 1. The lowest BCUT2D eigenvalue weighted by atomic mass is 10.2. The van der Waals surface area contributed by atoms with Crippen molar-refractivity contribution in [1.29, 1.82) is 0 Å². The van der Waals surface area contributed by atoms with Gasteiger partial charge in [0, 0.05) is 12.8 Å². The molecule has 0 amide bonds. The van der Waals surface area contributed by atoms with Crippen LogP contribution in [0.1, 0.15) is 12.5 Å². The molecule has 4 nitrogen and oxygen atoms in total. The molecule has 0 bridgehead atoms. The molecule has 0 heterocycles. The number of hydrogen-bond donors (Lipinski definition) is 1. The number of sulfone groups is 1. The van der Waals surface area contributed by atoms with E-state index in [9.17, 15) is 8.42 Å². The number of aryl methyl sites for hydroxylation is 1. The van der Waals surface area contributed by atoms with Crippen molar-refractivity contribution in [2.24, 2.45) is 0 Å². The van der Waals surface area contributed by atoms with Gasteiger partial charge in [0.05, 0.1) is 16.8 Å². The molecule has 0 radical (unpaired) electrons. The van der Waals surface area contributed by atoms with E-state index in [2.05, 4.69) is 0 Å². The van der Waals surface area contributed by atoms with Gasteiger partial charge in [0.25, 0.3) is 0 Å². The van der Waals surface area contributed by atoms with Crippen LogP contribution in [0.25, 0.3) is 0 Å². The summed E-state index contributed by atoms with van der Waals surface area (Å²) in [5.74, 6) is -0.0339. The van der Waals surface area contributed by atoms with E-state index in [1.165, 1.54) is 13.2 Å². The van der Waals surface area contributed by atoms with Crippen LogP contribution in [0.3, 0.4) is 0 Å². The lowest BCUT2D eigenvalue weighted by molar-refractivity contribution is 0.136. The lowest BCUT2D eigenvalue weighted by Gasteiger charge is -2.12. The average molecular weight is 243 g/mol. The first-order valence-corrected chi connectivity index (χ1v) is 6.63. The van der Waals surface area contributed by atoms with E-state index in [1.54, 1.807) is 26.0 Å². The van der Waals surface area contributed by atoms with Crippen LogP contribution in [0.5, 0.6) is 0 Å². The zero-order valence-corrected chi connectivity index (χ0v) is 10.5. The molecule has 1 aromatic rings. The monoisotopic (exact) mass is 243 g/mol. The predicted molar refractivity (Wildman–Crippen MR) is 64.1 cm³/mol. The second-order valence-electron chi connectivity index (χ2n) is 3.85. The highest BCUT2D eigenvalue weighted by atomic mass is 32.2. The topological polar surface area (TPSA) is 69.4 Å². The Balaban J connectivity index is 3.12. The number of rotatable bonds is 4. The molecule has 2 N–H and O–H groups in total. The van der Waals surface area contributed by atoms with Gasteiger partial charge in [0.15, 0.2) is 9.84 Å². The maximum absolute atomic E-state index is 12.0. The Kier molecular flexibility index (Phi) is 3.93. The second kappa shape index (κ2) is 4.84. The molecule has 1 atom stereocenters. The summed E-state index contributed by atoms with van der Waals surface area (Å²) < 4.78 is 29.0. The standard InChI is InChI=1S/C11H17NO3S/c1-8-4-5-10(12)6-11(8)16(13,14)7-9(2)15-3/h4-6,9H,7,12H2,1-3H3. The first-order valence-electron chi connectivity index (χ1n) is 4.98. The van der Waals surface area contributed by atoms with Crippen molar-refractivity contribution in [2.75, 3.05) is 18.6 Å². The summed E-state index contributed by atoms with van der Waals surface area (Å²) in [6, 6.07) is 4.89. The Morgan fingerprint density at radius 2 is 2.06 bits per heavy atom. The van der Waals surface area contributed by atoms with Gasteiger partial charge in [0.1, 0.15) is 0 Å². The molecule has 0 aliphatic heterocycles. The number of nitrogen functional groups attached to an aromatic ring is 1. The van der Waals surface area contributed by atoms with Gasteiger partial charge in [-0.25, -0.2) is 8.42 Å². The molecule has 0 spiro atoms. The molecule has 0 aromatic heterocycles.